The largest absolute Gasteiger partial charge is 0.494 e. The van der Waals surface area contributed by atoms with Crippen LogP contribution in [-0.4, -0.2) is 74.2 Å². The summed E-state index contributed by atoms with van der Waals surface area (Å²) in [6.07, 6.45) is 7.53. The van der Waals surface area contributed by atoms with Gasteiger partial charge in [0, 0.05) is 50.2 Å². The minimum atomic E-state index is -0.484. The van der Waals surface area contributed by atoms with Crippen LogP contribution in [0, 0.1) is 0 Å². The number of nitrogens with zero attached hydrogens (tertiary/aromatic N) is 3. The summed E-state index contributed by atoms with van der Waals surface area (Å²) in [6, 6.07) is 11.3. The summed E-state index contributed by atoms with van der Waals surface area (Å²) in [4.78, 5) is 19.3. The van der Waals surface area contributed by atoms with Gasteiger partial charge in [0.1, 0.15) is 5.75 Å². The van der Waals surface area contributed by atoms with Crippen molar-refractivity contribution in [1.29, 1.82) is 0 Å². The molecule has 2 saturated heterocycles. The van der Waals surface area contributed by atoms with E-state index in [1.54, 1.807) is 11.3 Å². The Morgan fingerprint density at radius 2 is 1.88 bits per heavy atom. The maximum Gasteiger partial charge on any atom is 0.263 e. The molecule has 1 aromatic heterocycles. The highest BCUT2D eigenvalue weighted by molar-refractivity contribution is 14.2. The van der Waals surface area contributed by atoms with Crippen LogP contribution in [0.5, 0.6) is 5.75 Å². The van der Waals surface area contributed by atoms with Crippen molar-refractivity contribution in [3.05, 3.63) is 51.7 Å². The van der Waals surface area contributed by atoms with Crippen LogP contribution in [0.3, 0.4) is 0 Å². The van der Waals surface area contributed by atoms with E-state index in [2.05, 4.69) is 49.5 Å². The highest BCUT2D eigenvalue weighted by Crippen LogP contribution is 2.34. The van der Waals surface area contributed by atoms with Gasteiger partial charge in [0.15, 0.2) is 0 Å². The summed E-state index contributed by atoms with van der Waals surface area (Å²) < 4.78 is 9.56. The maximum atomic E-state index is 12.8. The van der Waals surface area contributed by atoms with Gasteiger partial charge in [0.2, 0.25) is 0 Å². The molecule has 0 unspecified atom stereocenters. The monoisotopic (exact) mass is 593 g/mol. The normalized spacial score (nSPS) is 21.4. The molecule has 0 aliphatic carbocycles. The van der Waals surface area contributed by atoms with Crippen LogP contribution in [0.1, 0.15) is 66.2 Å². The molecule has 3 aliphatic heterocycles. The number of thiophene rings is 1. The van der Waals surface area contributed by atoms with Gasteiger partial charge in [-0.25, -0.2) is 0 Å². The highest BCUT2D eigenvalue weighted by atomic mass is 127. The van der Waals surface area contributed by atoms with Crippen molar-refractivity contribution >= 4 is 41.8 Å². The van der Waals surface area contributed by atoms with Crippen LogP contribution in [-0.2, 0) is 0 Å². The third-order valence-electron chi connectivity index (χ3n) is 7.05. The van der Waals surface area contributed by atoms with E-state index in [4.69, 9.17) is 4.74 Å². The smallest absolute Gasteiger partial charge is 0.263 e. The molecule has 0 bridgehead atoms. The number of amides is 1. The highest BCUT2D eigenvalue weighted by Gasteiger charge is 2.28. The van der Waals surface area contributed by atoms with E-state index in [9.17, 15) is 4.79 Å². The number of fused-ring (bicyclic) bond motifs is 1. The van der Waals surface area contributed by atoms with Crippen LogP contribution in [0.15, 0.2) is 35.7 Å². The van der Waals surface area contributed by atoms with Crippen LogP contribution in [0.2, 0.25) is 0 Å². The fourth-order valence-corrected chi connectivity index (χ4v) is 9.68. The SMILES string of the molecule is CCCN1I=C(c2ccc(OCCCN3CCC[C@H]3CN3CCCC3)cc2)c2sccc2C1=O. The molecule has 184 valence electrons. The predicted octanol–water partition coefficient (Wildman–Crippen LogP) is 5.40. The van der Waals surface area contributed by atoms with Crippen LogP contribution in [0.4, 0.5) is 0 Å². The molecule has 5 nitrogen and oxygen atoms in total. The second kappa shape index (κ2) is 11.6. The van der Waals surface area contributed by atoms with Crippen molar-refractivity contribution in [2.45, 2.75) is 51.5 Å². The average Bonchev–Trinajstić information content (AvgIpc) is 3.62. The Kier molecular flexibility index (Phi) is 8.35. The topological polar surface area (TPSA) is 36.0 Å². The van der Waals surface area contributed by atoms with E-state index in [-0.39, 0.29) is 5.91 Å². The van der Waals surface area contributed by atoms with E-state index in [0.717, 1.165) is 49.9 Å². The quantitative estimate of drug-likeness (QED) is 0.210. The molecule has 2 fully saturated rings. The number of benzene rings is 1. The number of hydrogen-bond donors (Lipinski definition) is 0. The molecular formula is C27H36IN3O2S. The Balaban J connectivity index is 1.14. The Morgan fingerprint density at radius 3 is 2.68 bits per heavy atom. The molecular weight excluding hydrogens is 557 g/mol. The molecule has 3 aliphatic rings. The standard InChI is InChI=1S/C27H36IN3O2S/c1-2-13-31-27(32)24-12-19-34-26(24)25(28-31)21-8-10-23(11-9-21)33-18-6-17-30-16-5-7-22(30)20-29-14-3-4-15-29/h8-12,19,22H,2-7,13-18,20H2,1H3/t22-/m0/s1. The maximum absolute atomic E-state index is 12.8. The number of rotatable bonds is 10. The summed E-state index contributed by atoms with van der Waals surface area (Å²) >= 11 is 1.21. The van der Waals surface area contributed by atoms with Gasteiger partial charge in [-0.2, -0.15) is 0 Å². The first kappa shape index (κ1) is 24.4. The second-order valence-corrected chi connectivity index (χ2v) is 13.2. The van der Waals surface area contributed by atoms with Gasteiger partial charge in [-0.1, -0.05) is 19.1 Å². The zero-order valence-electron chi connectivity index (χ0n) is 20.2. The lowest BCUT2D eigenvalue weighted by Crippen LogP contribution is -2.40. The Hall–Kier alpha value is -1.29. The Morgan fingerprint density at radius 1 is 1.06 bits per heavy atom. The van der Waals surface area contributed by atoms with Crippen LogP contribution in [0.25, 0.3) is 0 Å². The molecule has 1 atom stereocenters. The van der Waals surface area contributed by atoms with Gasteiger partial charge < -0.3 is 9.64 Å². The summed E-state index contributed by atoms with van der Waals surface area (Å²) in [5.74, 6) is 1.16. The van der Waals surface area contributed by atoms with Crippen LogP contribution < -0.4 is 4.74 Å². The lowest BCUT2D eigenvalue weighted by Gasteiger charge is -2.28. The van der Waals surface area contributed by atoms with E-state index < -0.39 is 21.0 Å². The number of halogens is 1. The summed E-state index contributed by atoms with van der Waals surface area (Å²) in [5, 5.41) is 2.05. The van der Waals surface area contributed by atoms with Gasteiger partial charge >= 0.3 is 0 Å². The van der Waals surface area contributed by atoms with Gasteiger partial charge in [0.05, 0.1) is 17.0 Å². The van der Waals surface area contributed by atoms with E-state index in [0.29, 0.717) is 0 Å². The molecule has 2 aromatic rings. The minimum Gasteiger partial charge on any atom is -0.494 e. The van der Waals surface area contributed by atoms with Gasteiger partial charge in [-0.15, -0.1) is 11.3 Å². The summed E-state index contributed by atoms with van der Waals surface area (Å²) in [5.41, 5.74) is 2.11. The van der Waals surface area contributed by atoms with Crippen LogP contribution >= 0.6 is 32.3 Å². The molecule has 5 rings (SSSR count). The summed E-state index contributed by atoms with van der Waals surface area (Å²) in [7, 11) is 0. The van der Waals surface area contributed by atoms with Crippen molar-refractivity contribution in [1.82, 2.24) is 12.9 Å². The number of likely N-dealkylation sites (tertiary alicyclic amines) is 2. The number of carbonyl (C=O) groups excluding carboxylic acids is 1. The zero-order chi connectivity index (χ0) is 23.3. The first-order chi connectivity index (χ1) is 16.7. The van der Waals surface area contributed by atoms with Crippen molar-refractivity contribution in [3.8, 4) is 5.75 Å². The van der Waals surface area contributed by atoms with Crippen molar-refractivity contribution in [3.63, 3.8) is 0 Å². The van der Waals surface area contributed by atoms with Gasteiger partial charge in [-0.3, -0.25) is 12.8 Å². The Labute approximate surface area is 218 Å². The third kappa shape index (κ3) is 5.58. The molecule has 7 heteroatoms. The van der Waals surface area contributed by atoms with Crippen molar-refractivity contribution < 1.29 is 9.53 Å². The zero-order valence-corrected chi connectivity index (χ0v) is 23.2. The Bertz CT molecular complexity index is 1000. The first-order valence-electron chi connectivity index (χ1n) is 12.8. The predicted molar refractivity (Wildman–Crippen MR) is 150 cm³/mol. The fraction of sp³-hybridized carbons (Fsp3) is 0.556. The second-order valence-electron chi connectivity index (χ2n) is 9.52. The molecule has 0 N–H and O–H groups in total. The lowest BCUT2D eigenvalue weighted by molar-refractivity contribution is 0.0888. The van der Waals surface area contributed by atoms with Crippen molar-refractivity contribution in [2.75, 3.05) is 45.9 Å². The number of ether oxygens (including phenoxy) is 1. The molecule has 1 amide bonds. The fourth-order valence-electron chi connectivity index (χ4n) is 5.29. The first-order valence-corrected chi connectivity index (χ1v) is 15.8. The third-order valence-corrected chi connectivity index (χ3v) is 11.5. The van der Waals surface area contributed by atoms with E-state index in [1.807, 2.05) is 6.07 Å². The molecule has 34 heavy (non-hydrogen) atoms. The average molecular weight is 594 g/mol. The molecule has 0 saturated carbocycles. The van der Waals surface area contributed by atoms with Gasteiger partial charge in [0.25, 0.3) is 5.91 Å². The molecule has 1 aromatic carbocycles. The number of carbonyl (C=O) groups is 1. The van der Waals surface area contributed by atoms with E-state index in [1.165, 1.54) is 65.8 Å². The van der Waals surface area contributed by atoms with Crippen molar-refractivity contribution in [2.24, 2.45) is 0 Å². The molecule has 0 radical (unpaired) electrons. The minimum absolute atomic E-state index is 0.218. The lowest BCUT2D eigenvalue weighted by atomic mass is 10.1. The molecule has 4 heterocycles. The summed E-state index contributed by atoms with van der Waals surface area (Å²) in [6.45, 7) is 10.0. The molecule has 0 spiro atoms. The van der Waals surface area contributed by atoms with Gasteiger partial charge in [-0.05, 0) is 87.3 Å². The van der Waals surface area contributed by atoms with E-state index >= 15 is 0 Å². The number of hydrogen-bond acceptors (Lipinski definition) is 5.